The molecule has 14 nitrogen and oxygen atoms in total. The number of nitrogens with zero attached hydrogens (tertiary/aromatic N) is 4. The molecule has 5 rings (SSSR count). The van der Waals surface area contributed by atoms with Gasteiger partial charge in [-0.1, -0.05) is 70.7 Å². The van der Waals surface area contributed by atoms with E-state index < -0.39 is 47.3 Å². The molecule has 20 heteroatoms. The summed E-state index contributed by atoms with van der Waals surface area (Å²) in [5.74, 6) is -4.28. The van der Waals surface area contributed by atoms with Crippen molar-refractivity contribution in [2.45, 2.75) is 50.5 Å². The predicted octanol–water partition coefficient (Wildman–Crippen LogP) is 12.8. The van der Waals surface area contributed by atoms with Gasteiger partial charge in [0.2, 0.25) is 12.1 Å². The first-order valence-corrected chi connectivity index (χ1v) is 21.3. The van der Waals surface area contributed by atoms with Gasteiger partial charge in [-0.15, -0.1) is 23.2 Å². The van der Waals surface area contributed by atoms with Gasteiger partial charge in [-0.2, -0.15) is 20.5 Å². The summed E-state index contributed by atoms with van der Waals surface area (Å²) in [6, 6.07) is 21.4. The van der Waals surface area contributed by atoms with Crippen LogP contribution in [0.3, 0.4) is 0 Å². The summed E-state index contributed by atoms with van der Waals surface area (Å²) >= 11 is 37.8. The zero-order valence-corrected chi connectivity index (χ0v) is 38.6. The van der Waals surface area contributed by atoms with Crippen molar-refractivity contribution in [2.75, 3.05) is 21.3 Å². The first-order chi connectivity index (χ1) is 30.3. The fourth-order valence-corrected chi connectivity index (χ4v) is 6.84. The SMILES string of the molecule is CC(=O)C(N=Nc1cc(Cl)cc(C(=O)Nc2cccc(C(C)Cl)c2)c1)C(=O)Nc1cc(Cl)c(NC(=O)C(N=Nc2cc(Cl)cc(C(=O)Nc3cccc(C(C)Cl)c3)c2)C(C)=O)cc1Cl. The monoisotopic (exact) mass is 982 g/mol. The fourth-order valence-electron chi connectivity index (χ4n) is 5.69. The molecule has 0 fully saturated rings. The summed E-state index contributed by atoms with van der Waals surface area (Å²) in [5.41, 5.74) is 2.87. The van der Waals surface area contributed by atoms with E-state index in [-0.39, 0.29) is 64.7 Å². The summed E-state index contributed by atoms with van der Waals surface area (Å²) < 4.78 is 0. The lowest BCUT2D eigenvalue weighted by Gasteiger charge is -2.15. The number of alkyl halides is 2. The van der Waals surface area contributed by atoms with Crippen molar-refractivity contribution in [1.29, 1.82) is 0 Å². The van der Waals surface area contributed by atoms with E-state index in [2.05, 4.69) is 41.7 Å². The van der Waals surface area contributed by atoms with E-state index in [1.54, 1.807) is 50.2 Å². The van der Waals surface area contributed by atoms with Crippen molar-refractivity contribution in [1.82, 2.24) is 0 Å². The third kappa shape index (κ3) is 13.6. The third-order valence-corrected chi connectivity index (χ3v) is 10.5. The van der Waals surface area contributed by atoms with Crippen molar-refractivity contribution in [3.63, 3.8) is 0 Å². The highest BCUT2D eigenvalue weighted by Crippen LogP contribution is 2.34. The van der Waals surface area contributed by atoms with Crippen molar-refractivity contribution < 1.29 is 28.8 Å². The lowest BCUT2D eigenvalue weighted by Crippen LogP contribution is -2.32. The van der Waals surface area contributed by atoms with Crippen LogP contribution in [-0.2, 0) is 19.2 Å². The number of carbonyl (C=O) groups is 6. The number of halogens is 6. The van der Waals surface area contributed by atoms with Crippen molar-refractivity contribution in [3.8, 4) is 0 Å². The van der Waals surface area contributed by atoms with Crippen LogP contribution in [0.5, 0.6) is 0 Å². The zero-order chi connectivity index (χ0) is 46.8. The topological polar surface area (TPSA) is 200 Å². The lowest BCUT2D eigenvalue weighted by molar-refractivity contribution is -0.127. The number of hydrogen-bond acceptors (Lipinski definition) is 10. The Morgan fingerprint density at radius 2 is 0.875 bits per heavy atom. The van der Waals surface area contributed by atoms with Crippen LogP contribution in [0.2, 0.25) is 20.1 Å². The molecular weight excluding hydrogens is 949 g/mol. The van der Waals surface area contributed by atoms with Crippen molar-refractivity contribution >= 4 is 139 Å². The van der Waals surface area contributed by atoms with Gasteiger partial charge in [0.25, 0.3) is 23.6 Å². The maximum absolute atomic E-state index is 13.3. The number of benzene rings is 5. The molecule has 0 bridgehead atoms. The van der Waals surface area contributed by atoms with E-state index in [1.165, 1.54) is 48.5 Å². The molecule has 4 amide bonds. The Morgan fingerprint density at radius 3 is 1.22 bits per heavy atom. The number of carbonyl (C=O) groups excluding carboxylic acids is 6. The molecule has 0 saturated heterocycles. The van der Waals surface area contributed by atoms with Crippen LogP contribution in [0.15, 0.2) is 118 Å². The van der Waals surface area contributed by atoms with Gasteiger partial charge in [0.05, 0.1) is 43.5 Å². The van der Waals surface area contributed by atoms with E-state index in [1.807, 2.05) is 12.1 Å². The molecule has 0 aromatic heterocycles. The second kappa shape index (κ2) is 22.2. The smallest absolute Gasteiger partial charge is 0.258 e. The molecule has 64 heavy (non-hydrogen) atoms. The van der Waals surface area contributed by atoms with Gasteiger partial charge >= 0.3 is 0 Å². The van der Waals surface area contributed by atoms with Crippen LogP contribution in [0.4, 0.5) is 34.1 Å². The maximum atomic E-state index is 13.3. The van der Waals surface area contributed by atoms with Crippen LogP contribution in [0.25, 0.3) is 0 Å². The standard InChI is InChI=1S/C44H36Cl6N8O6/c1-21(45)25-7-5-9-31(13-25)51-41(61)27-11-29(47)17-33(15-27)55-57-39(23(3)59)43(63)53-37-19-36(50)38(20-35(37)49)54-44(64)40(24(4)60)58-56-34-16-28(12-30(48)18-34)42(62)52-32-10-6-8-26(14-32)22(2)46/h5-22,39-40H,1-4H3,(H,51,61)(H,52,62)(H,53,63)(H,54,64). The van der Waals surface area contributed by atoms with E-state index in [4.69, 9.17) is 69.6 Å². The minimum absolute atomic E-state index is 0.0598. The quantitative estimate of drug-likeness (QED) is 0.0430. The Balaban J connectivity index is 1.26. The molecule has 5 aromatic rings. The van der Waals surface area contributed by atoms with E-state index >= 15 is 0 Å². The van der Waals surface area contributed by atoms with Crippen LogP contribution in [-0.4, -0.2) is 47.3 Å². The Kier molecular flexibility index (Phi) is 17.1. The number of rotatable bonds is 16. The number of ketones is 2. The number of Topliss-reactive ketones (excluding diaryl/α,β-unsaturated/α-hetero) is 2. The Labute approximate surface area is 397 Å². The molecule has 0 aliphatic heterocycles. The molecule has 4 N–H and O–H groups in total. The van der Waals surface area contributed by atoms with Gasteiger partial charge < -0.3 is 21.3 Å². The van der Waals surface area contributed by atoms with Crippen molar-refractivity contribution in [3.05, 3.63) is 139 Å². The highest BCUT2D eigenvalue weighted by atomic mass is 35.5. The van der Waals surface area contributed by atoms with E-state index in [9.17, 15) is 28.8 Å². The van der Waals surface area contributed by atoms with Crippen LogP contribution in [0.1, 0.15) is 70.3 Å². The first-order valence-electron chi connectivity index (χ1n) is 18.9. The Bertz CT molecular complexity index is 2530. The van der Waals surface area contributed by atoms with Crippen LogP contribution < -0.4 is 21.3 Å². The zero-order valence-electron chi connectivity index (χ0n) is 34.1. The Morgan fingerprint density at radius 1 is 0.500 bits per heavy atom. The second-order valence-electron chi connectivity index (χ2n) is 14.0. The second-order valence-corrected chi connectivity index (χ2v) is 17.0. The van der Waals surface area contributed by atoms with Gasteiger partial charge in [-0.05, 0) is 112 Å². The average Bonchev–Trinajstić information content (AvgIpc) is 3.22. The highest BCUT2D eigenvalue weighted by molar-refractivity contribution is 6.38. The molecule has 0 aliphatic rings. The average molecular weight is 986 g/mol. The van der Waals surface area contributed by atoms with Gasteiger partial charge in [0.1, 0.15) is 0 Å². The van der Waals surface area contributed by atoms with Gasteiger partial charge in [0, 0.05) is 32.5 Å². The van der Waals surface area contributed by atoms with Gasteiger partial charge in [-0.25, -0.2) is 0 Å². The molecule has 0 saturated carbocycles. The van der Waals surface area contributed by atoms with Crippen LogP contribution in [0, 0.1) is 0 Å². The minimum Gasteiger partial charge on any atom is -0.322 e. The van der Waals surface area contributed by atoms with Crippen LogP contribution >= 0.6 is 69.6 Å². The molecule has 330 valence electrons. The predicted molar refractivity (Wildman–Crippen MR) is 252 cm³/mol. The largest absolute Gasteiger partial charge is 0.322 e. The van der Waals surface area contributed by atoms with E-state index in [0.717, 1.165) is 25.0 Å². The molecule has 0 spiro atoms. The summed E-state index contributed by atoms with van der Waals surface area (Å²) in [7, 11) is 0. The van der Waals surface area contributed by atoms with Crippen molar-refractivity contribution in [2.24, 2.45) is 20.5 Å². The number of nitrogens with one attached hydrogen (secondary N) is 4. The summed E-state index contributed by atoms with van der Waals surface area (Å²) in [4.78, 5) is 77.9. The summed E-state index contributed by atoms with van der Waals surface area (Å²) in [6.07, 6.45) is 0. The maximum Gasteiger partial charge on any atom is 0.258 e. The normalized spacial score (nSPS) is 13.2. The molecule has 0 aliphatic carbocycles. The molecule has 4 unspecified atom stereocenters. The summed E-state index contributed by atoms with van der Waals surface area (Å²) in [5, 5.41) is 25.8. The molecule has 5 aromatic carbocycles. The molecule has 0 radical (unpaired) electrons. The number of hydrogen-bond donors (Lipinski definition) is 4. The number of amides is 4. The minimum atomic E-state index is -1.67. The first kappa shape index (κ1) is 49.3. The van der Waals surface area contributed by atoms with E-state index in [0.29, 0.717) is 11.4 Å². The lowest BCUT2D eigenvalue weighted by atomic mass is 10.1. The molecule has 4 atom stereocenters. The third-order valence-electron chi connectivity index (χ3n) is 8.91. The fraction of sp³-hybridized carbons (Fsp3) is 0.182. The molecular formula is C44H36Cl6N8O6. The summed E-state index contributed by atoms with van der Waals surface area (Å²) in [6.45, 7) is 5.85. The number of anilines is 4. The highest BCUT2D eigenvalue weighted by Gasteiger charge is 2.27. The Hall–Kier alpha value is -5.74. The van der Waals surface area contributed by atoms with Gasteiger partial charge in [-0.3, -0.25) is 28.8 Å². The molecule has 0 heterocycles. The number of azo groups is 2. The van der Waals surface area contributed by atoms with Gasteiger partial charge in [0.15, 0.2) is 11.6 Å².